The molecule has 0 aromatic heterocycles. The van der Waals surface area contributed by atoms with Crippen molar-refractivity contribution < 1.29 is 8.60 Å². The molecule has 1 aromatic rings. The van der Waals surface area contributed by atoms with Crippen LogP contribution < -0.4 is 5.32 Å². The maximum Gasteiger partial charge on any atom is 0.141 e. The van der Waals surface area contributed by atoms with Gasteiger partial charge in [0.1, 0.15) is 5.82 Å². The molecule has 1 aromatic carbocycles. The van der Waals surface area contributed by atoms with Gasteiger partial charge in [0, 0.05) is 34.4 Å². The molecule has 1 N–H and O–H groups in total. The van der Waals surface area contributed by atoms with E-state index >= 15 is 0 Å². The molecule has 1 aliphatic rings. The van der Waals surface area contributed by atoms with Gasteiger partial charge in [0.2, 0.25) is 0 Å². The van der Waals surface area contributed by atoms with E-state index in [0.717, 1.165) is 17.7 Å². The second-order valence-corrected chi connectivity index (χ2v) is 6.42. The summed E-state index contributed by atoms with van der Waals surface area (Å²) in [6.07, 6.45) is 0.901. The number of hydrogen-bond acceptors (Lipinski definition) is 2. The number of benzene rings is 1. The molecule has 94 valence electrons. The van der Waals surface area contributed by atoms with Crippen molar-refractivity contribution in [1.82, 2.24) is 5.32 Å². The second kappa shape index (κ2) is 5.46. The number of rotatable bonds is 1. The third-order valence-electron chi connectivity index (χ3n) is 2.96. The average Bonchev–Trinajstić information content (AvgIpc) is 2.45. The Labute approximate surface area is 108 Å². The van der Waals surface area contributed by atoms with Crippen LogP contribution in [-0.2, 0) is 10.8 Å². The van der Waals surface area contributed by atoms with Gasteiger partial charge in [0.15, 0.2) is 0 Å². The topological polar surface area (TPSA) is 29.1 Å². The van der Waals surface area contributed by atoms with Crippen molar-refractivity contribution >= 4 is 22.4 Å². The van der Waals surface area contributed by atoms with Crippen LogP contribution in [0.3, 0.4) is 0 Å². The van der Waals surface area contributed by atoms with E-state index in [2.05, 4.69) is 12.2 Å². The van der Waals surface area contributed by atoms with E-state index in [9.17, 15) is 8.60 Å². The van der Waals surface area contributed by atoms with Crippen molar-refractivity contribution in [2.45, 2.75) is 25.4 Å². The van der Waals surface area contributed by atoms with Gasteiger partial charge in [-0.2, -0.15) is 0 Å². The van der Waals surface area contributed by atoms with Crippen LogP contribution in [0.5, 0.6) is 0 Å². The average molecular weight is 276 g/mol. The highest BCUT2D eigenvalue weighted by atomic mass is 35.5. The molecule has 1 saturated heterocycles. The van der Waals surface area contributed by atoms with E-state index in [-0.39, 0.29) is 11.1 Å². The molecule has 0 aliphatic carbocycles. The van der Waals surface area contributed by atoms with E-state index < -0.39 is 16.6 Å². The summed E-state index contributed by atoms with van der Waals surface area (Å²) < 4.78 is 24.8. The third kappa shape index (κ3) is 3.27. The van der Waals surface area contributed by atoms with Gasteiger partial charge in [-0.25, -0.2) is 4.39 Å². The first-order chi connectivity index (χ1) is 8.06. The van der Waals surface area contributed by atoms with Crippen molar-refractivity contribution in [3.63, 3.8) is 0 Å². The predicted molar refractivity (Wildman–Crippen MR) is 69.2 cm³/mol. The lowest BCUT2D eigenvalue weighted by Gasteiger charge is -2.19. The fourth-order valence-corrected chi connectivity index (χ4v) is 3.61. The second-order valence-electron chi connectivity index (χ2n) is 4.39. The maximum atomic E-state index is 13.1. The van der Waals surface area contributed by atoms with Gasteiger partial charge in [-0.15, -0.1) is 0 Å². The summed E-state index contributed by atoms with van der Waals surface area (Å²) >= 11 is 5.77. The molecule has 5 heteroatoms. The highest BCUT2D eigenvalue weighted by molar-refractivity contribution is 7.85. The molecule has 1 aliphatic heterocycles. The minimum absolute atomic E-state index is 0.00793. The largest absolute Gasteiger partial charge is 0.307 e. The molecular formula is C12H15ClFNOS. The van der Waals surface area contributed by atoms with E-state index in [4.69, 9.17) is 11.6 Å². The number of nitrogens with one attached hydrogen (secondary N) is 1. The Balaban J connectivity index is 2.24. The summed E-state index contributed by atoms with van der Waals surface area (Å²) in [5.74, 6) is 0.865. The van der Waals surface area contributed by atoms with Crippen molar-refractivity contribution in [3.8, 4) is 0 Å². The van der Waals surface area contributed by atoms with Gasteiger partial charge in [0.05, 0.1) is 5.02 Å². The van der Waals surface area contributed by atoms with E-state index in [1.54, 1.807) is 12.1 Å². The Morgan fingerprint density at radius 2 is 2.29 bits per heavy atom. The first-order valence-electron chi connectivity index (χ1n) is 5.62. The Morgan fingerprint density at radius 1 is 1.53 bits per heavy atom. The Bertz CT molecular complexity index is 441. The van der Waals surface area contributed by atoms with Gasteiger partial charge in [0.25, 0.3) is 0 Å². The first kappa shape index (κ1) is 13.0. The van der Waals surface area contributed by atoms with Crippen LogP contribution in [0.1, 0.15) is 24.9 Å². The normalized spacial score (nSPS) is 29.9. The SMILES string of the molecule is CC1CCS(=O)CC(c2ccc(F)c(Cl)c2)N1. The van der Waals surface area contributed by atoms with E-state index in [1.165, 1.54) is 6.07 Å². The monoisotopic (exact) mass is 275 g/mol. The zero-order valence-electron chi connectivity index (χ0n) is 9.58. The molecule has 0 spiro atoms. The van der Waals surface area contributed by atoms with Crippen LogP contribution in [0.2, 0.25) is 5.02 Å². The molecule has 3 atom stereocenters. The minimum Gasteiger partial charge on any atom is -0.307 e. The Morgan fingerprint density at radius 3 is 3.00 bits per heavy atom. The molecule has 2 nitrogen and oxygen atoms in total. The molecule has 2 rings (SSSR count). The van der Waals surface area contributed by atoms with Gasteiger partial charge >= 0.3 is 0 Å². The van der Waals surface area contributed by atoms with Gasteiger partial charge in [-0.3, -0.25) is 4.21 Å². The summed E-state index contributed by atoms with van der Waals surface area (Å²) in [6, 6.07) is 4.98. The molecule has 1 heterocycles. The molecule has 0 bridgehead atoms. The molecule has 0 saturated carbocycles. The Kier molecular flexibility index (Phi) is 4.17. The summed E-state index contributed by atoms with van der Waals surface area (Å²) in [6.45, 7) is 2.07. The highest BCUT2D eigenvalue weighted by Crippen LogP contribution is 2.23. The van der Waals surface area contributed by atoms with Gasteiger partial charge < -0.3 is 5.32 Å². The summed E-state index contributed by atoms with van der Waals surface area (Å²) in [5.41, 5.74) is 0.901. The van der Waals surface area contributed by atoms with Gasteiger partial charge in [-0.05, 0) is 31.0 Å². The highest BCUT2D eigenvalue weighted by Gasteiger charge is 2.22. The lowest BCUT2D eigenvalue weighted by molar-refractivity contribution is 0.484. The fourth-order valence-electron chi connectivity index (χ4n) is 1.97. The van der Waals surface area contributed by atoms with Crippen molar-refractivity contribution in [3.05, 3.63) is 34.6 Å². The first-order valence-corrected chi connectivity index (χ1v) is 7.49. The number of halogens is 2. The van der Waals surface area contributed by atoms with Crippen molar-refractivity contribution in [2.24, 2.45) is 0 Å². The summed E-state index contributed by atoms with van der Waals surface area (Å²) in [7, 11) is -0.820. The molecule has 0 radical (unpaired) electrons. The van der Waals surface area contributed by atoms with Crippen LogP contribution in [0.4, 0.5) is 4.39 Å². The molecular weight excluding hydrogens is 261 g/mol. The van der Waals surface area contributed by atoms with Crippen molar-refractivity contribution in [1.29, 1.82) is 0 Å². The number of hydrogen-bond donors (Lipinski definition) is 1. The van der Waals surface area contributed by atoms with Crippen LogP contribution in [0.25, 0.3) is 0 Å². The summed E-state index contributed by atoms with van der Waals surface area (Å²) in [4.78, 5) is 0. The fraction of sp³-hybridized carbons (Fsp3) is 0.500. The Hall–Kier alpha value is -0.450. The van der Waals surface area contributed by atoms with Crippen LogP contribution in [0.15, 0.2) is 18.2 Å². The minimum atomic E-state index is -0.820. The third-order valence-corrected chi connectivity index (χ3v) is 4.65. The molecule has 3 unspecified atom stereocenters. The maximum absolute atomic E-state index is 13.1. The lowest BCUT2D eigenvalue weighted by atomic mass is 10.1. The van der Waals surface area contributed by atoms with Crippen molar-refractivity contribution in [2.75, 3.05) is 11.5 Å². The van der Waals surface area contributed by atoms with Crippen LogP contribution >= 0.6 is 11.6 Å². The molecule has 1 fully saturated rings. The van der Waals surface area contributed by atoms with E-state index in [1.807, 2.05) is 0 Å². The lowest BCUT2D eigenvalue weighted by Crippen LogP contribution is -2.30. The smallest absolute Gasteiger partial charge is 0.141 e. The quantitative estimate of drug-likeness (QED) is 0.854. The van der Waals surface area contributed by atoms with Crippen LogP contribution in [0, 0.1) is 5.82 Å². The standard InChI is InChI=1S/C12H15ClFNOS/c1-8-4-5-17(16)7-12(15-8)9-2-3-11(14)10(13)6-9/h2-3,6,8,12,15H,4-5,7H2,1H3. The molecule has 0 amide bonds. The molecule has 17 heavy (non-hydrogen) atoms. The van der Waals surface area contributed by atoms with Crippen LogP contribution in [-0.4, -0.2) is 21.8 Å². The predicted octanol–water partition coefficient (Wildman–Crippen LogP) is 2.65. The zero-order valence-corrected chi connectivity index (χ0v) is 11.2. The summed E-state index contributed by atoms with van der Waals surface area (Å²) in [5, 5.41) is 3.52. The van der Waals surface area contributed by atoms with Gasteiger partial charge in [-0.1, -0.05) is 17.7 Å². The van der Waals surface area contributed by atoms with E-state index in [0.29, 0.717) is 11.8 Å². The zero-order chi connectivity index (χ0) is 12.4.